The van der Waals surface area contributed by atoms with Crippen LogP contribution in [0, 0.1) is 0 Å². The van der Waals surface area contributed by atoms with Crippen molar-refractivity contribution in [2.75, 3.05) is 33.2 Å². The van der Waals surface area contributed by atoms with Crippen LogP contribution in [0.3, 0.4) is 0 Å². The smallest absolute Gasteiger partial charge is 0.324 e. The Morgan fingerprint density at radius 2 is 2.16 bits per heavy atom. The van der Waals surface area contributed by atoms with Crippen molar-refractivity contribution in [2.45, 2.75) is 18.3 Å². The van der Waals surface area contributed by atoms with Crippen molar-refractivity contribution in [1.82, 2.24) is 20.9 Å². The summed E-state index contributed by atoms with van der Waals surface area (Å²) < 4.78 is 0. The normalized spacial score (nSPS) is 19.0. The standard InChI is InChI=1S/C17H22ClN5O2/c1-19-15(20-7-8-23-14(24)10-21-16(23)25)22-11-17(5-6-17)12-3-2-4-13(18)9-12/h2-4,9H,5-8,10-11H2,1H3,(H,21,25)(H2,19,20,22). The number of carbonyl (C=O) groups is 2. The molecule has 7 nitrogen and oxygen atoms in total. The van der Waals surface area contributed by atoms with Crippen molar-refractivity contribution in [1.29, 1.82) is 0 Å². The van der Waals surface area contributed by atoms with Crippen molar-refractivity contribution in [3.8, 4) is 0 Å². The molecule has 25 heavy (non-hydrogen) atoms. The Kier molecular flexibility index (Phi) is 5.13. The van der Waals surface area contributed by atoms with Crippen LogP contribution in [0.2, 0.25) is 5.02 Å². The van der Waals surface area contributed by atoms with Crippen molar-refractivity contribution in [3.05, 3.63) is 34.9 Å². The average molecular weight is 364 g/mol. The molecule has 8 heteroatoms. The van der Waals surface area contributed by atoms with Crippen molar-refractivity contribution in [3.63, 3.8) is 0 Å². The molecule has 134 valence electrons. The van der Waals surface area contributed by atoms with Gasteiger partial charge in [0.2, 0.25) is 5.91 Å². The quantitative estimate of drug-likeness (QED) is 0.401. The van der Waals surface area contributed by atoms with Crippen LogP contribution in [0.15, 0.2) is 29.3 Å². The molecule has 1 aromatic rings. The summed E-state index contributed by atoms with van der Waals surface area (Å²) in [6.45, 7) is 1.60. The molecular formula is C17H22ClN5O2. The molecule has 0 radical (unpaired) electrons. The zero-order chi connectivity index (χ0) is 17.9. The van der Waals surface area contributed by atoms with E-state index in [4.69, 9.17) is 11.6 Å². The first-order valence-corrected chi connectivity index (χ1v) is 8.71. The van der Waals surface area contributed by atoms with E-state index in [1.165, 1.54) is 10.5 Å². The highest BCUT2D eigenvalue weighted by molar-refractivity contribution is 6.30. The summed E-state index contributed by atoms with van der Waals surface area (Å²) in [5.74, 6) is 0.452. The predicted molar refractivity (Wildman–Crippen MR) is 96.8 cm³/mol. The fourth-order valence-corrected chi connectivity index (χ4v) is 3.17. The first-order valence-electron chi connectivity index (χ1n) is 8.33. The molecule has 1 aliphatic heterocycles. The second-order valence-corrected chi connectivity index (χ2v) is 6.78. The van der Waals surface area contributed by atoms with E-state index in [1.807, 2.05) is 18.2 Å². The Balaban J connectivity index is 1.48. The van der Waals surface area contributed by atoms with E-state index >= 15 is 0 Å². The van der Waals surface area contributed by atoms with Gasteiger partial charge in [0.15, 0.2) is 5.96 Å². The zero-order valence-corrected chi connectivity index (χ0v) is 14.9. The monoisotopic (exact) mass is 363 g/mol. The molecule has 1 heterocycles. The van der Waals surface area contributed by atoms with Crippen LogP contribution in [-0.4, -0.2) is 56.0 Å². The van der Waals surface area contributed by atoms with Crippen LogP contribution >= 0.6 is 11.6 Å². The maximum Gasteiger partial charge on any atom is 0.324 e. The van der Waals surface area contributed by atoms with Crippen LogP contribution < -0.4 is 16.0 Å². The van der Waals surface area contributed by atoms with Crippen LogP contribution in [0.1, 0.15) is 18.4 Å². The topological polar surface area (TPSA) is 85.8 Å². The Bertz CT molecular complexity index is 686. The molecule has 0 unspecified atom stereocenters. The molecule has 3 rings (SSSR count). The summed E-state index contributed by atoms with van der Waals surface area (Å²) in [6.07, 6.45) is 2.22. The number of nitrogens with zero attached hydrogens (tertiary/aromatic N) is 2. The first-order chi connectivity index (χ1) is 12.0. The molecule has 1 saturated heterocycles. The fraction of sp³-hybridized carbons (Fsp3) is 0.471. The largest absolute Gasteiger partial charge is 0.356 e. The van der Waals surface area contributed by atoms with Gasteiger partial charge in [0.1, 0.15) is 0 Å². The maximum absolute atomic E-state index is 11.5. The lowest BCUT2D eigenvalue weighted by molar-refractivity contribution is -0.124. The van der Waals surface area contributed by atoms with Crippen LogP contribution in [0.25, 0.3) is 0 Å². The Hall–Kier alpha value is -2.28. The molecule has 3 amide bonds. The average Bonchev–Trinajstić information content (AvgIpc) is 3.33. The van der Waals surface area contributed by atoms with Crippen molar-refractivity contribution < 1.29 is 9.59 Å². The molecule has 2 aliphatic rings. The minimum atomic E-state index is -0.340. The van der Waals surface area contributed by atoms with E-state index in [0.717, 1.165) is 24.4 Å². The van der Waals surface area contributed by atoms with Crippen LogP contribution in [-0.2, 0) is 10.2 Å². The molecule has 0 spiro atoms. The minimum absolute atomic E-state index is 0.0773. The number of halogens is 1. The number of hydrogen-bond donors (Lipinski definition) is 3. The van der Waals surface area contributed by atoms with Crippen molar-refractivity contribution >= 4 is 29.5 Å². The number of imide groups is 1. The zero-order valence-electron chi connectivity index (χ0n) is 14.1. The van der Waals surface area contributed by atoms with Crippen LogP contribution in [0.4, 0.5) is 4.79 Å². The highest BCUT2D eigenvalue weighted by atomic mass is 35.5. The summed E-state index contributed by atoms with van der Waals surface area (Å²) in [6, 6.07) is 7.64. The summed E-state index contributed by atoms with van der Waals surface area (Å²) in [5.41, 5.74) is 1.34. The van der Waals surface area contributed by atoms with Crippen molar-refractivity contribution in [2.24, 2.45) is 4.99 Å². The minimum Gasteiger partial charge on any atom is -0.356 e. The Morgan fingerprint density at radius 3 is 2.76 bits per heavy atom. The highest BCUT2D eigenvalue weighted by Gasteiger charge is 2.44. The second-order valence-electron chi connectivity index (χ2n) is 6.35. The number of nitrogens with one attached hydrogen (secondary N) is 3. The van der Waals surface area contributed by atoms with E-state index < -0.39 is 0 Å². The maximum atomic E-state index is 11.5. The molecule has 1 aromatic carbocycles. The number of rotatable bonds is 6. The molecule has 0 aromatic heterocycles. The summed E-state index contributed by atoms with van der Waals surface area (Å²) in [7, 11) is 1.70. The highest BCUT2D eigenvalue weighted by Crippen LogP contribution is 2.48. The first kappa shape index (κ1) is 17.5. The van der Waals surface area contributed by atoms with E-state index in [-0.39, 0.29) is 23.9 Å². The second kappa shape index (κ2) is 7.31. The van der Waals surface area contributed by atoms with Gasteiger partial charge in [0.25, 0.3) is 0 Å². The molecule has 0 atom stereocenters. The van der Waals surface area contributed by atoms with Gasteiger partial charge in [-0.05, 0) is 30.5 Å². The van der Waals surface area contributed by atoms with Gasteiger partial charge in [-0.2, -0.15) is 0 Å². The van der Waals surface area contributed by atoms with Gasteiger partial charge in [-0.1, -0.05) is 23.7 Å². The molecule has 3 N–H and O–H groups in total. The number of hydrogen-bond acceptors (Lipinski definition) is 3. The third-order valence-electron chi connectivity index (χ3n) is 4.67. The van der Waals surface area contributed by atoms with E-state index in [9.17, 15) is 9.59 Å². The molecule has 0 bridgehead atoms. The van der Waals surface area contributed by atoms with Gasteiger partial charge in [-0.15, -0.1) is 0 Å². The lowest BCUT2D eigenvalue weighted by Crippen LogP contribution is -2.45. The molecule has 1 aliphatic carbocycles. The number of benzene rings is 1. The summed E-state index contributed by atoms with van der Waals surface area (Å²) in [5, 5.41) is 9.72. The third kappa shape index (κ3) is 4.04. The molecule has 1 saturated carbocycles. The lowest BCUT2D eigenvalue weighted by atomic mass is 9.96. The number of carbonyl (C=O) groups excluding carboxylic acids is 2. The summed E-state index contributed by atoms with van der Waals surface area (Å²) >= 11 is 6.10. The molecular weight excluding hydrogens is 342 g/mol. The number of guanidine groups is 1. The number of amides is 3. The van der Waals surface area contributed by atoms with Gasteiger partial charge in [-0.3, -0.25) is 14.7 Å². The van der Waals surface area contributed by atoms with E-state index in [1.54, 1.807) is 7.05 Å². The lowest BCUT2D eigenvalue weighted by Gasteiger charge is -2.20. The SMILES string of the molecule is CN=C(NCCN1C(=O)CNC1=O)NCC1(c2cccc(Cl)c2)CC1. The number of urea groups is 1. The molecule has 2 fully saturated rings. The Morgan fingerprint density at radius 1 is 1.36 bits per heavy atom. The van der Waals surface area contributed by atoms with Gasteiger partial charge < -0.3 is 16.0 Å². The third-order valence-corrected chi connectivity index (χ3v) is 4.91. The van der Waals surface area contributed by atoms with Gasteiger partial charge >= 0.3 is 6.03 Å². The Labute approximate surface area is 151 Å². The van der Waals surface area contributed by atoms with Gasteiger partial charge in [0.05, 0.1) is 6.54 Å². The van der Waals surface area contributed by atoms with Crippen LogP contribution in [0.5, 0.6) is 0 Å². The van der Waals surface area contributed by atoms with E-state index in [0.29, 0.717) is 19.0 Å². The fourth-order valence-electron chi connectivity index (χ4n) is 2.98. The predicted octanol–water partition coefficient (Wildman–Crippen LogP) is 1.09. The van der Waals surface area contributed by atoms with Gasteiger partial charge in [-0.25, -0.2) is 4.79 Å². The van der Waals surface area contributed by atoms with Gasteiger partial charge in [0, 0.05) is 37.1 Å². The number of aliphatic imine (C=N–C) groups is 1. The summed E-state index contributed by atoms with van der Waals surface area (Å²) in [4.78, 5) is 28.4. The van der Waals surface area contributed by atoms with E-state index in [2.05, 4.69) is 27.0 Å².